The van der Waals surface area contributed by atoms with Crippen molar-refractivity contribution in [1.82, 2.24) is 0 Å². The fourth-order valence-corrected chi connectivity index (χ4v) is 1.61. The monoisotopic (exact) mass is 286 g/mol. The maximum Gasteiger partial charge on any atom is 0.295 e. The summed E-state index contributed by atoms with van der Waals surface area (Å²) in [4.78, 5) is 10.3. The van der Waals surface area contributed by atoms with Gasteiger partial charge in [-0.3, -0.25) is 10.1 Å². The van der Waals surface area contributed by atoms with Gasteiger partial charge in [0.1, 0.15) is 11.5 Å². The van der Waals surface area contributed by atoms with E-state index in [1.165, 1.54) is 6.07 Å². The maximum absolute atomic E-state index is 13.3. The lowest BCUT2D eigenvalue weighted by Gasteiger charge is -2.09. The van der Waals surface area contributed by atoms with E-state index in [0.29, 0.717) is 44.0 Å². The Kier molecular flexibility index (Phi) is 6.89. The fraction of sp³-hybridized carbons (Fsp3) is 0.538. The van der Waals surface area contributed by atoms with Crippen LogP contribution in [0.5, 0.6) is 0 Å². The number of anilines is 1. The zero-order valence-electron chi connectivity index (χ0n) is 11.6. The molecule has 112 valence electrons. The second-order valence-corrected chi connectivity index (χ2v) is 4.26. The van der Waals surface area contributed by atoms with Gasteiger partial charge in [-0.15, -0.1) is 0 Å². The molecule has 0 bridgehead atoms. The number of ether oxygens (including phenoxy) is 2. The molecule has 1 N–H and O–H groups in total. The highest BCUT2D eigenvalue weighted by Crippen LogP contribution is 2.27. The van der Waals surface area contributed by atoms with Gasteiger partial charge in [-0.25, -0.2) is 4.39 Å². The Morgan fingerprint density at radius 1 is 1.35 bits per heavy atom. The second kappa shape index (κ2) is 8.44. The van der Waals surface area contributed by atoms with E-state index in [9.17, 15) is 14.5 Å². The summed E-state index contributed by atoms with van der Waals surface area (Å²) in [6.45, 7) is 3.67. The van der Waals surface area contributed by atoms with Crippen LogP contribution in [-0.4, -0.2) is 38.4 Å². The molecular formula is C13H19FN2O4. The molecule has 1 rings (SSSR count). The van der Waals surface area contributed by atoms with Gasteiger partial charge in [-0.05, 0) is 25.0 Å². The van der Waals surface area contributed by atoms with Crippen molar-refractivity contribution in [1.29, 1.82) is 0 Å². The summed E-state index contributed by atoms with van der Waals surface area (Å²) in [5, 5.41) is 13.8. The van der Waals surface area contributed by atoms with Crippen molar-refractivity contribution in [2.24, 2.45) is 0 Å². The van der Waals surface area contributed by atoms with E-state index >= 15 is 0 Å². The van der Waals surface area contributed by atoms with Gasteiger partial charge in [0, 0.05) is 20.3 Å². The highest BCUT2D eigenvalue weighted by atomic mass is 19.1. The number of nitro groups is 1. The lowest BCUT2D eigenvalue weighted by molar-refractivity contribution is -0.384. The summed E-state index contributed by atoms with van der Waals surface area (Å²) in [6, 6.07) is 2.38. The average molecular weight is 286 g/mol. The summed E-state index contributed by atoms with van der Waals surface area (Å²) in [5.74, 6) is -0.579. The number of rotatable bonds is 9. The minimum absolute atomic E-state index is 0.256. The highest BCUT2D eigenvalue weighted by Gasteiger charge is 2.16. The van der Waals surface area contributed by atoms with Crippen molar-refractivity contribution in [2.75, 3.05) is 38.8 Å². The second-order valence-electron chi connectivity index (χ2n) is 4.26. The molecule has 0 radical (unpaired) electrons. The van der Waals surface area contributed by atoms with Crippen molar-refractivity contribution in [3.8, 4) is 0 Å². The van der Waals surface area contributed by atoms with Gasteiger partial charge in [0.05, 0.1) is 24.2 Å². The van der Waals surface area contributed by atoms with Crippen LogP contribution in [0.25, 0.3) is 0 Å². The molecule has 1 aromatic rings. The van der Waals surface area contributed by atoms with E-state index in [-0.39, 0.29) is 5.69 Å². The van der Waals surface area contributed by atoms with Gasteiger partial charge in [-0.2, -0.15) is 0 Å². The van der Waals surface area contributed by atoms with Gasteiger partial charge in [0.15, 0.2) is 0 Å². The molecule has 0 aliphatic carbocycles. The first-order valence-corrected chi connectivity index (χ1v) is 6.31. The highest BCUT2D eigenvalue weighted by molar-refractivity contribution is 5.63. The molecule has 20 heavy (non-hydrogen) atoms. The quantitative estimate of drug-likeness (QED) is 0.429. The number of halogens is 1. The fourth-order valence-electron chi connectivity index (χ4n) is 1.61. The molecule has 0 fully saturated rings. The Hall–Kier alpha value is -1.73. The first kappa shape index (κ1) is 16.3. The van der Waals surface area contributed by atoms with E-state index in [1.54, 1.807) is 14.0 Å². The van der Waals surface area contributed by atoms with Gasteiger partial charge in [0.25, 0.3) is 5.69 Å². The van der Waals surface area contributed by atoms with Crippen LogP contribution >= 0.6 is 0 Å². The Balaban J connectivity index is 2.47. The molecule has 0 heterocycles. The lowest BCUT2D eigenvalue weighted by atomic mass is 10.1. The molecule has 0 saturated heterocycles. The van der Waals surface area contributed by atoms with Crippen molar-refractivity contribution in [3.05, 3.63) is 33.6 Å². The number of hydrogen-bond donors (Lipinski definition) is 1. The van der Waals surface area contributed by atoms with Crippen molar-refractivity contribution >= 4 is 11.4 Å². The van der Waals surface area contributed by atoms with Crippen LogP contribution in [0.1, 0.15) is 12.0 Å². The predicted octanol–water partition coefficient (Wildman–Crippen LogP) is 2.51. The van der Waals surface area contributed by atoms with Gasteiger partial charge >= 0.3 is 0 Å². The summed E-state index contributed by atoms with van der Waals surface area (Å²) >= 11 is 0. The number of aryl methyl sites for hydroxylation is 1. The van der Waals surface area contributed by atoms with E-state index in [0.717, 1.165) is 6.07 Å². The molecule has 0 spiro atoms. The largest absolute Gasteiger partial charge is 0.382 e. The first-order valence-electron chi connectivity index (χ1n) is 6.31. The molecule has 0 saturated carbocycles. The Morgan fingerprint density at radius 3 is 2.75 bits per heavy atom. The summed E-state index contributed by atoms with van der Waals surface area (Å²) in [7, 11) is 1.60. The zero-order chi connectivity index (χ0) is 15.0. The first-order chi connectivity index (χ1) is 9.56. The Morgan fingerprint density at radius 2 is 2.10 bits per heavy atom. The minimum atomic E-state index is -0.597. The number of hydrogen-bond acceptors (Lipinski definition) is 5. The molecule has 0 amide bonds. The molecule has 0 aliphatic heterocycles. The standard InChI is InChI=1S/C13H19FN2O4/c1-10-8-12(13(16(17)18)9-11(10)14)15-4-3-5-20-7-6-19-2/h8-9,15H,3-7H2,1-2H3. The molecule has 0 unspecified atom stereocenters. The molecule has 0 aliphatic rings. The van der Waals surface area contributed by atoms with Gasteiger partial charge < -0.3 is 14.8 Å². The Labute approximate surface area is 117 Å². The summed E-state index contributed by atoms with van der Waals surface area (Å²) in [5.41, 5.74) is 0.439. The summed E-state index contributed by atoms with van der Waals surface area (Å²) < 4.78 is 23.4. The maximum atomic E-state index is 13.3. The molecule has 7 heteroatoms. The SMILES string of the molecule is COCCOCCCNc1cc(C)c(F)cc1[N+](=O)[O-]. The van der Waals surface area contributed by atoms with Crippen LogP contribution in [0.3, 0.4) is 0 Å². The average Bonchev–Trinajstić information content (AvgIpc) is 2.41. The third kappa shape index (κ3) is 5.10. The van der Waals surface area contributed by atoms with Crippen molar-refractivity contribution in [3.63, 3.8) is 0 Å². The van der Waals surface area contributed by atoms with Crippen LogP contribution in [0, 0.1) is 22.9 Å². The number of nitro benzene ring substituents is 1. The number of nitrogens with zero attached hydrogens (tertiary/aromatic N) is 1. The molecular weight excluding hydrogens is 267 g/mol. The third-order valence-electron chi connectivity index (χ3n) is 2.69. The van der Waals surface area contributed by atoms with E-state index in [2.05, 4.69) is 5.32 Å². The third-order valence-corrected chi connectivity index (χ3v) is 2.69. The van der Waals surface area contributed by atoms with Crippen LogP contribution in [-0.2, 0) is 9.47 Å². The van der Waals surface area contributed by atoms with Crippen LogP contribution < -0.4 is 5.32 Å². The smallest absolute Gasteiger partial charge is 0.295 e. The van der Waals surface area contributed by atoms with E-state index in [1.807, 2.05) is 0 Å². The molecule has 1 aromatic carbocycles. The van der Waals surface area contributed by atoms with Crippen LogP contribution in [0.2, 0.25) is 0 Å². The number of benzene rings is 1. The zero-order valence-corrected chi connectivity index (χ0v) is 11.6. The Bertz CT molecular complexity index is 454. The normalized spacial score (nSPS) is 10.6. The lowest BCUT2D eigenvalue weighted by Crippen LogP contribution is -2.09. The molecule has 6 nitrogen and oxygen atoms in total. The topological polar surface area (TPSA) is 73.6 Å². The summed E-state index contributed by atoms with van der Waals surface area (Å²) in [6.07, 6.45) is 0.692. The van der Waals surface area contributed by atoms with Crippen molar-refractivity contribution in [2.45, 2.75) is 13.3 Å². The molecule has 0 aromatic heterocycles. The minimum Gasteiger partial charge on any atom is -0.382 e. The van der Waals surface area contributed by atoms with Gasteiger partial charge in [-0.1, -0.05) is 0 Å². The van der Waals surface area contributed by atoms with E-state index in [4.69, 9.17) is 9.47 Å². The van der Waals surface area contributed by atoms with E-state index < -0.39 is 10.7 Å². The molecule has 0 atom stereocenters. The number of nitrogens with one attached hydrogen (secondary N) is 1. The number of methoxy groups -OCH3 is 1. The van der Waals surface area contributed by atoms with Gasteiger partial charge in [0.2, 0.25) is 0 Å². The van der Waals surface area contributed by atoms with Crippen LogP contribution in [0.15, 0.2) is 12.1 Å². The predicted molar refractivity (Wildman–Crippen MR) is 73.6 cm³/mol. The van der Waals surface area contributed by atoms with Crippen molar-refractivity contribution < 1.29 is 18.8 Å². The van der Waals surface area contributed by atoms with Crippen LogP contribution in [0.4, 0.5) is 15.8 Å².